The number of rotatable bonds is 3. The molecule has 128 valence electrons. The number of fused-ring (bicyclic) bond motifs is 1. The molecule has 0 saturated carbocycles. The number of aromatic nitrogens is 2. The second-order valence-corrected chi connectivity index (χ2v) is 7.01. The minimum absolute atomic E-state index is 0.275. The van der Waals surface area contributed by atoms with Crippen LogP contribution in [0, 0.1) is 0 Å². The highest BCUT2D eigenvalue weighted by molar-refractivity contribution is 7.99. The molecule has 25 heavy (non-hydrogen) atoms. The van der Waals surface area contributed by atoms with Crippen molar-refractivity contribution in [3.05, 3.63) is 40.4 Å². The Kier molecular flexibility index (Phi) is 4.25. The first-order chi connectivity index (χ1) is 12.2. The van der Waals surface area contributed by atoms with Crippen molar-refractivity contribution in [1.82, 2.24) is 9.97 Å². The summed E-state index contributed by atoms with van der Waals surface area (Å²) in [5.74, 6) is 2.33. The van der Waals surface area contributed by atoms with Crippen LogP contribution in [0.15, 0.2) is 34.3 Å². The van der Waals surface area contributed by atoms with Gasteiger partial charge < -0.3 is 14.9 Å². The molecule has 9 heteroatoms. The van der Waals surface area contributed by atoms with Crippen LogP contribution in [-0.4, -0.2) is 47.0 Å². The Labute approximate surface area is 149 Å². The van der Waals surface area contributed by atoms with E-state index in [4.69, 9.17) is 5.53 Å². The number of azide groups is 1. The quantitative estimate of drug-likeness (QED) is 0.516. The Morgan fingerprint density at radius 2 is 1.80 bits per heavy atom. The number of phenols is 1. The van der Waals surface area contributed by atoms with E-state index in [2.05, 4.69) is 29.8 Å². The zero-order chi connectivity index (χ0) is 17.2. The number of anilines is 2. The van der Waals surface area contributed by atoms with Gasteiger partial charge in [-0.25, -0.2) is 9.97 Å². The molecule has 2 aliphatic rings. The smallest absolute Gasteiger partial charge is 0.226 e. The van der Waals surface area contributed by atoms with Crippen molar-refractivity contribution in [3.8, 4) is 5.75 Å². The monoisotopic (exact) mass is 355 g/mol. The van der Waals surface area contributed by atoms with Crippen LogP contribution in [0.25, 0.3) is 10.4 Å². The fourth-order valence-corrected chi connectivity index (χ4v) is 4.15. The van der Waals surface area contributed by atoms with Crippen molar-refractivity contribution in [2.75, 3.05) is 41.7 Å². The largest absolute Gasteiger partial charge is 0.508 e. The van der Waals surface area contributed by atoms with Gasteiger partial charge in [0.1, 0.15) is 11.6 Å². The summed E-state index contributed by atoms with van der Waals surface area (Å²) in [6.07, 6.45) is 0.886. The second kappa shape index (κ2) is 6.70. The maximum absolute atomic E-state index is 9.41. The summed E-state index contributed by atoms with van der Waals surface area (Å²) in [4.78, 5) is 17.4. The molecule has 3 heterocycles. The number of thioether (sulfide) groups is 1. The number of piperazine rings is 1. The molecule has 0 spiro atoms. The average Bonchev–Trinajstić information content (AvgIpc) is 3.12. The van der Waals surface area contributed by atoms with Crippen molar-refractivity contribution in [2.24, 2.45) is 5.11 Å². The van der Waals surface area contributed by atoms with Crippen molar-refractivity contribution in [2.45, 2.75) is 11.3 Å². The molecule has 1 aromatic carbocycles. The lowest BCUT2D eigenvalue weighted by atomic mass is 10.2. The third-order valence-corrected chi connectivity index (χ3v) is 5.52. The molecule has 4 rings (SSSR count). The molecular formula is C16H17N7OS. The molecule has 0 bridgehead atoms. The van der Waals surface area contributed by atoms with Crippen LogP contribution < -0.4 is 9.80 Å². The Hall–Kier alpha value is -2.64. The normalized spacial score (nSPS) is 16.5. The lowest BCUT2D eigenvalue weighted by Gasteiger charge is -2.36. The van der Waals surface area contributed by atoms with E-state index in [1.54, 1.807) is 23.9 Å². The third kappa shape index (κ3) is 3.16. The predicted molar refractivity (Wildman–Crippen MR) is 97.8 cm³/mol. The summed E-state index contributed by atoms with van der Waals surface area (Å²) in [6, 6.07) is 7.26. The summed E-state index contributed by atoms with van der Waals surface area (Å²) in [5.41, 5.74) is 10.9. The van der Waals surface area contributed by atoms with Gasteiger partial charge in [-0.2, -0.15) is 0 Å². The summed E-state index contributed by atoms with van der Waals surface area (Å²) < 4.78 is 0. The van der Waals surface area contributed by atoms with E-state index in [1.165, 1.54) is 0 Å². The zero-order valence-corrected chi connectivity index (χ0v) is 14.4. The van der Waals surface area contributed by atoms with Crippen LogP contribution in [-0.2, 0) is 6.42 Å². The van der Waals surface area contributed by atoms with Crippen LogP contribution in [0.1, 0.15) is 5.69 Å². The molecule has 2 aromatic rings. The summed E-state index contributed by atoms with van der Waals surface area (Å²) in [6.45, 7) is 3.28. The fraction of sp³-hybridized carbons (Fsp3) is 0.375. The topological polar surface area (TPSA) is 101 Å². The molecule has 1 N–H and O–H groups in total. The molecule has 0 unspecified atom stereocenters. The molecule has 0 radical (unpaired) electrons. The second-order valence-electron chi connectivity index (χ2n) is 5.90. The van der Waals surface area contributed by atoms with E-state index < -0.39 is 0 Å². The lowest BCUT2D eigenvalue weighted by Crippen LogP contribution is -2.47. The van der Waals surface area contributed by atoms with Crippen molar-refractivity contribution in [3.63, 3.8) is 0 Å². The Balaban J connectivity index is 1.52. The van der Waals surface area contributed by atoms with Crippen LogP contribution in [0.5, 0.6) is 5.75 Å². The number of hydrogen-bond acceptors (Lipinski definition) is 7. The Morgan fingerprint density at radius 1 is 1.08 bits per heavy atom. The van der Waals surface area contributed by atoms with Gasteiger partial charge in [-0.05, 0) is 34.9 Å². The molecule has 1 aromatic heterocycles. The van der Waals surface area contributed by atoms with Crippen LogP contribution >= 0.6 is 11.8 Å². The number of phenolic OH excluding ortho intramolecular Hbond substituents is 1. The molecule has 1 fully saturated rings. The SMILES string of the molecule is [N-]=[N+]=Nc1nc(N2CCN(c3ccc(O)cc3)CC2)nc2c1SCC2. The molecule has 0 atom stereocenters. The summed E-state index contributed by atoms with van der Waals surface area (Å²) in [5, 5.41) is 13.2. The number of aromatic hydroxyl groups is 1. The summed E-state index contributed by atoms with van der Waals surface area (Å²) in [7, 11) is 0. The van der Waals surface area contributed by atoms with Crippen molar-refractivity contribution < 1.29 is 5.11 Å². The van der Waals surface area contributed by atoms with Gasteiger partial charge in [-0.15, -0.1) is 11.8 Å². The van der Waals surface area contributed by atoms with Gasteiger partial charge in [0, 0.05) is 49.0 Å². The first-order valence-corrected chi connectivity index (χ1v) is 9.11. The molecule has 0 amide bonds. The molecule has 0 aliphatic carbocycles. The maximum Gasteiger partial charge on any atom is 0.226 e. The van der Waals surface area contributed by atoms with Gasteiger partial charge in [0.2, 0.25) is 5.95 Å². The third-order valence-electron chi connectivity index (χ3n) is 4.41. The van der Waals surface area contributed by atoms with Crippen LogP contribution in [0.2, 0.25) is 0 Å². The zero-order valence-electron chi connectivity index (χ0n) is 13.5. The van der Waals surface area contributed by atoms with Gasteiger partial charge in [0.25, 0.3) is 0 Å². The molecule has 2 aliphatic heterocycles. The lowest BCUT2D eigenvalue weighted by molar-refractivity contribution is 0.475. The minimum atomic E-state index is 0.275. The Morgan fingerprint density at radius 3 is 2.52 bits per heavy atom. The molecule has 8 nitrogen and oxygen atoms in total. The standard InChI is InChI=1S/C16H17N7OS/c17-21-20-15-14-13(5-10-25-14)18-16(19-15)23-8-6-22(7-9-23)11-1-3-12(24)4-2-11/h1-4,24H,5-10H2. The van der Waals surface area contributed by atoms with E-state index in [9.17, 15) is 5.11 Å². The highest BCUT2D eigenvalue weighted by atomic mass is 32.2. The number of benzene rings is 1. The van der Waals surface area contributed by atoms with Gasteiger partial charge in [-0.3, -0.25) is 0 Å². The average molecular weight is 355 g/mol. The molecule has 1 saturated heterocycles. The highest BCUT2D eigenvalue weighted by Gasteiger charge is 2.24. The predicted octanol–water partition coefficient (Wildman–Crippen LogP) is 3.10. The van der Waals surface area contributed by atoms with Crippen molar-refractivity contribution >= 4 is 29.2 Å². The van der Waals surface area contributed by atoms with Gasteiger partial charge in [0.05, 0.1) is 10.6 Å². The first kappa shape index (κ1) is 15.9. The van der Waals surface area contributed by atoms with E-state index in [0.717, 1.165) is 54.6 Å². The Bertz CT molecular complexity index is 827. The number of hydrogen-bond donors (Lipinski definition) is 1. The van der Waals surface area contributed by atoms with Gasteiger partial charge in [-0.1, -0.05) is 0 Å². The van der Waals surface area contributed by atoms with E-state index in [1.807, 2.05) is 12.1 Å². The van der Waals surface area contributed by atoms with Crippen molar-refractivity contribution in [1.29, 1.82) is 0 Å². The van der Waals surface area contributed by atoms with Gasteiger partial charge >= 0.3 is 0 Å². The van der Waals surface area contributed by atoms with Gasteiger partial charge in [0.15, 0.2) is 0 Å². The van der Waals surface area contributed by atoms with Crippen LogP contribution in [0.4, 0.5) is 17.5 Å². The molecular weight excluding hydrogens is 338 g/mol. The van der Waals surface area contributed by atoms with E-state index in [-0.39, 0.29) is 5.75 Å². The van der Waals surface area contributed by atoms with E-state index >= 15 is 0 Å². The number of nitrogens with zero attached hydrogens (tertiary/aromatic N) is 7. The first-order valence-electron chi connectivity index (χ1n) is 8.12. The number of aryl methyl sites for hydroxylation is 1. The fourth-order valence-electron chi connectivity index (χ4n) is 3.12. The maximum atomic E-state index is 9.41. The summed E-state index contributed by atoms with van der Waals surface area (Å²) >= 11 is 1.65. The van der Waals surface area contributed by atoms with E-state index in [0.29, 0.717) is 11.8 Å². The van der Waals surface area contributed by atoms with Crippen LogP contribution in [0.3, 0.4) is 0 Å². The highest BCUT2D eigenvalue weighted by Crippen LogP contribution is 2.38. The minimum Gasteiger partial charge on any atom is -0.508 e.